The van der Waals surface area contributed by atoms with E-state index in [0.717, 1.165) is 39.1 Å². The Hall–Kier alpha value is -1.43. The molecule has 3 heterocycles. The Balaban J connectivity index is 1.27. The number of likely N-dealkylation sites (tertiary alicyclic amines) is 1. The minimum Gasteiger partial charge on any atom is -0.373 e. The van der Waals surface area contributed by atoms with Crippen LogP contribution in [0.25, 0.3) is 0 Å². The van der Waals surface area contributed by atoms with E-state index < -0.39 is 0 Å². The molecule has 1 aromatic rings. The molecule has 3 saturated heterocycles. The molecular weight excluding hydrogens is 314 g/mol. The van der Waals surface area contributed by atoms with Gasteiger partial charge in [-0.1, -0.05) is 30.3 Å². The molecule has 1 amide bonds. The zero-order chi connectivity index (χ0) is 17.1. The molecule has 1 N–H and O–H groups in total. The van der Waals surface area contributed by atoms with Crippen LogP contribution in [0.3, 0.4) is 0 Å². The van der Waals surface area contributed by atoms with Crippen molar-refractivity contribution in [1.29, 1.82) is 0 Å². The lowest BCUT2D eigenvalue weighted by molar-refractivity contribution is -0.127. The quantitative estimate of drug-likeness (QED) is 0.883. The number of carbonyl (C=O) groups excluding carboxylic acids is 1. The van der Waals surface area contributed by atoms with Gasteiger partial charge in [0.2, 0.25) is 5.91 Å². The molecule has 4 rings (SSSR count). The minimum atomic E-state index is 0.00309. The number of hydrogen-bond acceptors (Lipinski definition) is 4. The first kappa shape index (κ1) is 17.0. The number of amides is 1. The van der Waals surface area contributed by atoms with Gasteiger partial charge < -0.3 is 10.1 Å². The summed E-state index contributed by atoms with van der Waals surface area (Å²) in [6.07, 6.45) is 4.74. The number of benzene rings is 1. The molecular formula is C20H29N3O2. The first-order chi connectivity index (χ1) is 12.3. The number of nitrogens with zero attached hydrogens (tertiary/aromatic N) is 2. The highest BCUT2D eigenvalue weighted by Crippen LogP contribution is 2.23. The Labute approximate surface area is 150 Å². The van der Waals surface area contributed by atoms with Crippen molar-refractivity contribution in [3.05, 3.63) is 35.9 Å². The maximum Gasteiger partial charge on any atom is 0.237 e. The highest BCUT2D eigenvalue weighted by Gasteiger charge is 2.34. The number of ether oxygens (including phenoxy) is 1. The van der Waals surface area contributed by atoms with Gasteiger partial charge in [0.05, 0.1) is 18.8 Å². The van der Waals surface area contributed by atoms with Gasteiger partial charge in [0.15, 0.2) is 0 Å². The number of hydrogen-bond donors (Lipinski definition) is 1. The molecule has 0 unspecified atom stereocenters. The van der Waals surface area contributed by atoms with Crippen molar-refractivity contribution in [2.75, 3.05) is 32.8 Å². The van der Waals surface area contributed by atoms with Gasteiger partial charge in [-0.15, -0.1) is 0 Å². The Morgan fingerprint density at radius 2 is 2.00 bits per heavy atom. The fourth-order valence-corrected chi connectivity index (χ4v) is 4.47. The third kappa shape index (κ3) is 4.05. The predicted octanol–water partition coefficient (Wildman–Crippen LogP) is 1.63. The summed E-state index contributed by atoms with van der Waals surface area (Å²) in [5.41, 5.74) is 1.28. The number of fused-ring (bicyclic) bond motifs is 1. The monoisotopic (exact) mass is 343 g/mol. The van der Waals surface area contributed by atoms with E-state index in [1.807, 2.05) is 6.07 Å². The van der Waals surface area contributed by atoms with Gasteiger partial charge in [-0.3, -0.25) is 14.6 Å². The van der Waals surface area contributed by atoms with Crippen LogP contribution in [0, 0.1) is 0 Å². The molecule has 3 aliphatic rings. The maximum atomic E-state index is 12.7. The summed E-state index contributed by atoms with van der Waals surface area (Å²) < 4.78 is 5.96. The largest absolute Gasteiger partial charge is 0.373 e. The van der Waals surface area contributed by atoms with E-state index in [0.29, 0.717) is 12.6 Å². The predicted molar refractivity (Wildman–Crippen MR) is 97.2 cm³/mol. The summed E-state index contributed by atoms with van der Waals surface area (Å²) >= 11 is 0. The lowest BCUT2D eigenvalue weighted by Gasteiger charge is -2.35. The highest BCUT2D eigenvalue weighted by molar-refractivity contribution is 5.82. The van der Waals surface area contributed by atoms with Crippen molar-refractivity contribution >= 4 is 5.91 Å². The molecule has 3 atom stereocenters. The summed E-state index contributed by atoms with van der Waals surface area (Å²) in [6, 6.07) is 11.0. The second kappa shape index (κ2) is 7.85. The Bertz CT molecular complexity index is 580. The summed E-state index contributed by atoms with van der Waals surface area (Å²) in [4.78, 5) is 17.5. The third-order valence-corrected chi connectivity index (χ3v) is 5.86. The van der Waals surface area contributed by atoms with Crippen molar-refractivity contribution < 1.29 is 9.53 Å². The molecule has 5 heteroatoms. The molecule has 0 spiro atoms. The lowest BCUT2D eigenvalue weighted by atomic mass is 10.1. The zero-order valence-corrected chi connectivity index (χ0v) is 14.9. The van der Waals surface area contributed by atoms with Crippen molar-refractivity contribution in [2.24, 2.45) is 0 Å². The van der Waals surface area contributed by atoms with Crippen molar-refractivity contribution in [3.63, 3.8) is 0 Å². The first-order valence-electron chi connectivity index (χ1n) is 9.71. The van der Waals surface area contributed by atoms with E-state index in [-0.39, 0.29) is 18.1 Å². The van der Waals surface area contributed by atoms with Gasteiger partial charge in [0.25, 0.3) is 0 Å². The number of nitrogens with one attached hydrogen (secondary N) is 1. The van der Waals surface area contributed by atoms with Gasteiger partial charge in [-0.05, 0) is 44.3 Å². The van der Waals surface area contributed by atoms with Crippen LogP contribution in [-0.2, 0) is 16.1 Å². The number of carbonyl (C=O) groups is 1. The van der Waals surface area contributed by atoms with Crippen LogP contribution >= 0.6 is 0 Å². The van der Waals surface area contributed by atoms with E-state index in [9.17, 15) is 4.79 Å². The molecule has 25 heavy (non-hydrogen) atoms. The smallest absolute Gasteiger partial charge is 0.237 e. The average Bonchev–Trinajstić information content (AvgIpc) is 3.29. The molecule has 0 bridgehead atoms. The standard InChI is InChI=1S/C20H29N3O2/c24-20(21-12-18-14-22-10-4-8-17(22)15-25-18)19-9-5-11-23(19)13-16-6-2-1-3-7-16/h1-3,6-7,17-19H,4-5,8-15H2,(H,21,24)/t17-,18-,19+/m1/s1. The van der Waals surface area contributed by atoms with E-state index in [2.05, 4.69) is 39.4 Å². The molecule has 5 nitrogen and oxygen atoms in total. The minimum absolute atomic E-state index is 0.00309. The van der Waals surface area contributed by atoms with Crippen LogP contribution in [0.5, 0.6) is 0 Å². The SMILES string of the molecule is O=C(NC[C@@H]1CN2CCC[C@@H]2CO1)[C@@H]1CCCN1Cc1ccccc1. The van der Waals surface area contributed by atoms with Gasteiger partial charge >= 0.3 is 0 Å². The van der Waals surface area contributed by atoms with Crippen molar-refractivity contribution in [2.45, 2.75) is 50.4 Å². The third-order valence-electron chi connectivity index (χ3n) is 5.86. The molecule has 3 aliphatic heterocycles. The molecule has 0 aromatic heterocycles. The molecule has 1 aromatic carbocycles. The Kier molecular flexibility index (Phi) is 5.34. The summed E-state index contributed by atoms with van der Waals surface area (Å²) in [6.45, 7) is 5.47. The normalized spacial score (nSPS) is 30.3. The van der Waals surface area contributed by atoms with Gasteiger partial charge in [0, 0.05) is 25.7 Å². The first-order valence-corrected chi connectivity index (χ1v) is 9.71. The fraction of sp³-hybridized carbons (Fsp3) is 0.650. The van der Waals surface area contributed by atoms with Crippen LogP contribution in [0.1, 0.15) is 31.2 Å². The summed E-state index contributed by atoms with van der Waals surface area (Å²) in [5.74, 6) is 0.167. The molecule has 3 fully saturated rings. The molecule has 0 radical (unpaired) electrons. The van der Waals surface area contributed by atoms with E-state index in [1.54, 1.807) is 0 Å². The van der Waals surface area contributed by atoms with Crippen molar-refractivity contribution in [1.82, 2.24) is 15.1 Å². The fourth-order valence-electron chi connectivity index (χ4n) is 4.47. The van der Waals surface area contributed by atoms with Crippen LogP contribution in [-0.4, -0.2) is 66.7 Å². The van der Waals surface area contributed by atoms with Crippen LogP contribution in [0.15, 0.2) is 30.3 Å². The van der Waals surface area contributed by atoms with E-state index in [1.165, 1.54) is 24.9 Å². The Morgan fingerprint density at radius 3 is 2.88 bits per heavy atom. The van der Waals surface area contributed by atoms with Crippen molar-refractivity contribution in [3.8, 4) is 0 Å². The Morgan fingerprint density at radius 1 is 1.16 bits per heavy atom. The molecule has 0 saturated carbocycles. The summed E-state index contributed by atoms with van der Waals surface area (Å²) in [5, 5.41) is 3.16. The zero-order valence-electron chi connectivity index (χ0n) is 14.9. The second-order valence-electron chi connectivity index (χ2n) is 7.61. The van der Waals surface area contributed by atoms with Gasteiger partial charge in [-0.25, -0.2) is 0 Å². The van der Waals surface area contributed by atoms with Gasteiger partial charge in [0.1, 0.15) is 0 Å². The van der Waals surface area contributed by atoms with E-state index >= 15 is 0 Å². The lowest BCUT2D eigenvalue weighted by Crippen LogP contribution is -2.52. The highest BCUT2D eigenvalue weighted by atomic mass is 16.5. The van der Waals surface area contributed by atoms with Crippen LogP contribution in [0.2, 0.25) is 0 Å². The van der Waals surface area contributed by atoms with Crippen LogP contribution in [0.4, 0.5) is 0 Å². The topological polar surface area (TPSA) is 44.8 Å². The average molecular weight is 343 g/mol. The van der Waals surface area contributed by atoms with Gasteiger partial charge in [-0.2, -0.15) is 0 Å². The number of rotatable bonds is 5. The van der Waals surface area contributed by atoms with E-state index in [4.69, 9.17) is 4.74 Å². The molecule has 136 valence electrons. The maximum absolute atomic E-state index is 12.7. The second-order valence-corrected chi connectivity index (χ2v) is 7.61. The van der Waals surface area contributed by atoms with Crippen LogP contribution < -0.4 is 5.32 Å². The summed E-state index contributed by atoms with van der Waals surface area (Å²) in [7, 11) is 0. The number of morpholine rings is 1. The molecule has 0 aliphatic carbocycles.